The number of rotatable bonds is 9. The number of likely N-dealkylation sites (tertiary alicyclic amines) is 1. The molecule has 1 saturated carbocycles. The Labute approximate surface area is 262 Å². The molecule has 43 heavy (non-hydrogen) atoms. The normalized spacial score (nSPS) is 20.9. The lowest BCUT2D eigenvalue weighted by molar-refractivity contribution is -0.131. The van der Waals surface area contributed by atoms with Crippen LogP contribution in [0.1, 0.15) is 76.1 Å². The zero-order chi connectivity index (χ0) is 31.0. The van der Waals surface area contributed by atoms with Gasteiger partial charge < -0.3 is 20.3 Å². The van der Waals surface area contributed by atoms with E-state index in [4.69, 9.17) is 4.74 Å². The first-order chi connectivity index (χ1) is 20.5. The number of amides is 4. The van der Waals surface area contributed by atoms with Gasteiger partial charge in [-0.1, -0.05) is 19.3 Å². The average molecular weight is 637 g/mol. The molecular formula is C31H45FN4O5S2. The van der Waals surface area contributed by atoms with Gasteiger partial charge in [0.05, 0.1) is 5.88 Å². The second-order valence-corrected chi connectivity index (χ2v) is 14.7. The number of piperidine rings is 1. The van der Waals surface area contributed by atoms with Crippen molar-refractivity contribution < 1.29 is 28.3 Å². The molecule has 4 amide bonds. The van der Waals surface area contributed by atoms with Crippen molar-refractivity contribution in [3.63, 3.8) is 0 Å². The van der Waals surface area contributed by atoms with E-state index in [9.17, 15) is 23.6 Å². The maximum Gasteiger partial charge on any atom is 0.411 e. The van der Waals surface area contributed by atoms with Crippen molar-refractivity contribution in [2.24, 2.45) is 5.92 Å². The summed E-state index contributed by atoms with van der Waals surface area (Å²) in [5.41, 5.74) is -0.241. The van der Waals surface area contributed by atoms with Gasteiger partial charge in [-0.05, 0) is 82.4 Å². The molecule has 2 heterocycles. The minimum atomic E-state index is -0.744. The number of carbonyl (C=O) groups is 4. The van der Waals surface area contributed by atoms with Crippen LogP contribution in [0.25, 0.3) is 0 Å². The molecule has 0 radical (unpaired) electrons. The topological polar surface area (TPSA) is 108 Å². The standard InChI is InChI=1S/C31H45FN4O5S2/c1-31(2,3)41-30(40)36-20-43-19-26(36)28(38)34-25(18-42-17-21-7-5-4-6-8-21)27(37)33-24-13-15-35(16-14-24)29(39)22-9-11-23(32)12-10-22/h9-12,21,24-26H,4-8,13-20H2,1-3H3,(H,33,37)(H,34,38)/t25-,26-/m0/s1. The smallest absolute Gasteiger partial charge is 0.411 e. The second-order valence-electron chi connectivity index (χ2n) is 12.7. The van der Waals surface area contributed by atoms with Crippen LogP contribution in [0, 0.1) is 11.7 Å². The van der Waals surface area contributed by atoms with Gasteiger partial charge in [-0.2, -0.15) is 11.8 Å². The Kier molecular flexibility index (Phi) is 12.0. The predicted octanol–water partition coefficient (Wildman–Crippen LogP) is 4.65. The fraction of sp³-hybridized carbons (Fsp3) is 0.677. The van der Waals surface area contributed by atoms with Gasteiger partial charge in [0.15, 0.2) is 0 Å². The van der Waals surface area contributed by atoms with Crippen LogP contribution in [0.2, 0.25) is 0 Å². The monoisotopic (exact) mass is 636 g/mol. The third-order valence-electron chi connectivity index (χ3n) is 8.03. The number of nitrogens with one attached hydrogen (secondary N) is 2. The molecule has 12 heteroatoms. The van der Waals surface area contributed by atoms with Crippen LogP contribution in [0.3, 0.4) is 0 Å². The van der Waals surface area contributed by atoms with Gasteiger partial charge in [0, 0.05) is 36.2 Å². The lowest BCUT2D eigenvalue weighted by Crippen LogP contribution is -2.57. The predicted molar refractivity (Wildman–Crippen MR) is 168 cm³/mol. The summed E-state index contributed by atoms with van der Waals surface area (Å²) in [6, 6.07) is 3.93. The Morgan fingerprint density at radius 3 is 2.37 bits per heavy atom. The van der Waals surface area contributed by atoms with Gasteiger partial charge in [-0.15, -0.1) is 11.8 Å². The SMILES string of the molecule is CC(C)(C)OC(=O)N1CSC[C@H]1C(=O)N[C@@H](CSCC1CCCCC1)C(=O)NC1CCN(C(=O)c2ccc(F)cc2)CC1. The molecular weight excluding hydrogens is 591 g/mol. The molecule has 2 N–H and O–H groups in total. The highest BCUT2D eigenvalue weighted by atomic mass is 32.2. The van der Waals surface area contributed by atoms with E-state index < -0.39 is 23.8 Å². The van der Waals surface area contributed by atoms with Crippen molar-refractivity contribution in [2.45, 2.75) is 89.4 Å². The zero-order valence-corrected chi connectivity index (χ0v) is 27.1. The molecule has 1 aromatic carbocycles. The highest BCUT2D eigenvalue weighted by Gasteiger charge is 2.39. The van der Waals surface area contributed by atoms with Gasteiger partial charge in [0.1, 0.15) is 23.5 Å². The van der Waals surface area contributed by atoms with Gasteiger partial charge >= 0.3 is 6.09 Å². The number of hydrogen-bond donors (Lipinski definition) is 2. The van der Waals surface area contributed by atoms with Crippen molar-refractivity contribution in [3.8, 4) is 0 Å². The number of carbonyl (C=O) groups excluding carboxylic acids is 4. The lowest BCUT2D eigenvalue weighted by Gasteiger charge is -2.33. The number of benzene rings is 1. The van der Waals surface area contributed by atoms with Crippen LogP contribution in [-0.4, -0.2) is 93.6 Å². The number of ether oxygens (including phenoxy) is 1. The van der Waals surface area contributed by atoms with Gasteiger partial charge in [0.25, 0.3) is 5.91 Å². The fourth-order valence-corrected chi connectivity index (χ4v) is 8.04. The Hall–Kier alpha value is -2.47. The number of nitrogens with zero attached hydrogens (tertiary/aromatic N) is 2. The molecule has 9 nitrogen and oxygen atoms in total. The van der Waals surface area contributed by atoms with Crippen LogP contribution < -0.4 is 10.6 Å². The summed E-state index contributed by atoms with van der Waals surface area (Å²) in [7, 11) is 0. The number of thioether (sulfide) groups is 2. The van der Waals surface area contributed by atoms with Crippen LogP contribution in [-0.2, 0) is 14.3 Å². The Morgan fingerprint density at radius 1 is 1.05 bits per heavy atom. The molecule has 0 bridgehead atoms. The molecule has 0 spiro atoms. The molecule has 3 aliphatic rings. The summed E-state index contributed by atoms with van der Waals surface area (Å²) in [6.45, 7) is 6.31. The van der Waals surface area contributed by atoms with E-state index >= 15 is 0 Å². The van der Waals surface area contributed by atoms with Crippen LogP contribution >= 0.6 is 23.5 Å². The number of hydrogen-bond acceptors (Lipinski definition) is 7. The van der Waals surface area contributed by atoms with Crippen LogP contribution in [0.15, 0.2) is 24.3 Å². The van der Waals surface area contributed by atoms with Crippen LogP contribution in [0.4, 0.5) is 9.18 Å². The Morgan fingerprint density at radius 2 is 1.72 bits per heavy atom. The molecule has 2 saturated heterocycles. The molecule has 0 aromatic heterocycles. The minimum absolute atomic E-state index is 0.132. The first-order valence-corrected chi connectivity index (χ1v) is 17.6. The molecule has 238 valence electrons. The average Bonchev–Trinajstić information content (AvgIpc) is 3.47. The van der Waals surface area contributed by atoms with Crippen molar-refractivity contribution >= 4 is 47.3 Å². The molecule has 2 aliphatic heterocycles. The highest BCUT2D eigenvalue weighted by Crippen LogP contribution is 2.28. The van der Waals surface area contributed by atoms with Crippen molar-refractivity contribution in [2.75, 3.05) is 36.2 Å². The van der Waals surface area contributed by atoms with Crippen molar-refractivity contribution in [3.05, 3.63) is 35.6 Å². The van der Waals surface area contributed by atoms with Crippen molar-refractivity contribution in [1.82, 2.24) is 20.4 Å². The van der Waals surface area contributed by atoms with Crippen molar-refractivity contribution in [1.29, 1.82) is 0 Å². The molecule has 2 atom stereocenters. The molecule has 4 rings (SSSR count). The summed E-state index contributed by atoms with van der Waals surface area (Å²) >= 11 is 3.18. The summed E-state index contributed by atoms with van der Waals surface area (Å²) < 4.78 is 18.8. The van der Waals surface area contributed by atoms with E-state index in [2.05, 4.69) is 10.6 Å². The lowest BCUT2D eigenvalue weighted by atomic mass is 9.91. The Bertz CT molecular complexity index is 1120. The largest absolute Gasteiger partial charge is 0.444 e. The van der Waals surface area contributed by atoms with Gasteiger partial charge in [-0.3, -0.25) is 19.3 Å². The van der Waals surface area contributed by atoms with E-state index in [1.807, 2.05) is 0 Å². The molecule has 3 fully saturated rings. The maximum absolute atomic E-state index is 13.6. The van der Waals surface area contributed by atoms with E-state index in [0.717, 1.165) is 5.75 Å². The Balaban J connectivity index is 1.34. The van der Waals surface area contributed by atoms with E-state index in [1.165, 1.54) is 73.0 Å². The van der Waals surface area contributed by atoms with E-state index in [0.29, 0.717) is 54.8 Å². The molecule has 1 aliphatic carbocycles. The van der Waals surface area contributed by atoms with E-state index in [1.54, 1.807) is 37.4 Å². The highest BCUT2D eigenvalue weighted by molar-refractivity contribution is 7.99. The number of halogens is 1. The summed E-state index contributed by atoms with van der Waals surface area (Å²) in [5.74, 6) is 1.69. The zero-order valence-electron chi connectivity index (χ0n) is 25.4. The second kappa shape index (κ2) is 15.5. The molecule has 1 aromatic rings. The van der Waals surface area contributed by atoms with Crippen LogP contribution in [0.5, 0.6) is 0 Å². The van der Waals surface area contributed by atoms with E-state index in [-0.39, 0.29) is 29.6 Å². The fourth-order valence-electron chi connectivity index (χ4n) is 5.62. The first-order valence-electron chi connectivity index (χ1n) is 15.3. The first kappa shape index (κ1) is 33.4. The maximum atomic E-state index is 13.6. The van der Waals surface area contributed by atoms with Gasteiger partial charge in [-0.25, -0.2) is 9.18 Å². The quantitative estimate of drug-likeness (QED) is 0.406. The molecule has 0 unspecified atom stereocenters. The summed E-state index contributed by atoms with van der Waals surface area (Å²) in [6.07, 6.45) is 6.81. The van der Waals surface area contributed by atoms with Gasteiger partial charge in [0.2, 0.25) is 11.8 Å². The summed E-state index contributed by atoms with van der Waals surface area (Å²) in [4.78, 5) is 55.7. The third kappa shape index (κ3) is 10.0. The minimum Gasteiger partial charge on any atom is -0.444 e. The summed E-state index contributed by atoms with van der Waals surface area (Å²) in [5, 5.41) is 6.07. The third-order valence-corrected chi connectivity index (χ3v) is 10.3.